The molecular weight excluding hydrogens is 336 g/mol. The molecule has 0 atom stereocenters. The van der Waals surface area contributed by atoms with E-state index in [1.807, 2.05) is 20.9 Å². The van der Waals surface area contributed by atoms with Crippen LogP contribution in [-0.4, -0.2) is 35.3 Å². The fourth-order valence-corrected chi connectivity index (χ4v) is 3.53. The number of aromatic hydroxyl groups is 2. The van der Waals surface area contributed by atoms with Crippen molar-refractivity contribution >= 4 is 5.70 Å². The van der Waals surface area contributed by atoms with Crippen LogP contribution in [0.15, 0.2) is 49.0 Å². The van der Waals surface area contributed by atoms with Gasteiger partial charge in [0.05, 0.1) is 0 Å². The molecule has 4 nitrogen and oxygen atoms in total. The van der Waals surface area contributed by atoms with E-state index in [2.05, 4.69) is 41.1 Å². The lowest BCUT2D eigenvalue weighted by Gasteiger charge is -2.35. The molecule has 1 aliphatic heterocycles. The Bertz CT molecular complexity index is 750. The minimum Gasteiger partial charge on any atom is -0.504 e. The van der Waals surface area contributed by atoms with E-state index in [9.17, 15) is 10.2 Å². The molecule has 0 bridgehead atoms. The second-order valence-corrected chi connectivity index (χ2v) is 6.69. The molecule has 1 saturated heterocycles. The summed E-state index contributed by atoms with van der Waals surface area (Å²) in [7, 11) is 1.97. The fourth-order valence-electron chi connectivity index (χ4n) is 3.53. The Labute approximate surface area is 163 Å². The zero-order valence-corrected chi connectivity index (χ0v) is 16.7. The van der Waals surface area contributed by atoms with Crippen molar-refractivity contribution in [3.8, 4) is 11.5 Å². The molecule has 1 fully saturated rings. The minimum atomic E-state index is -0.102. The van der Waals surface area contributed by atoms with E-state index in [4.69, 9.17) is 0 Å². The molecule has 2 aromatic carbocycles. The number of hydrogen-bond donors (Lipinski definition) is 3. The first kappa shape index (κ1) is 20.8. The van der Waals surface area contributed by atoms with Gasteiger partial charge in [0.2, 0.25) is 0 Å². The van der Waals surface area contributed by atoms with E-state index in [1.165, 1.54) is 17.2 Å². The second kappa shape index (κ2) is 10.0. The zero-order valence-electron chi connectivity index (χ0n) is 16.7. The molecule has 2 aromatic rings. The van der Waals surface area contributed by atoms with Gasteiger partial charge < -0.3 is 20.4 Å². The number of rotatable bonds is 5. The van der Waals surface area contributed by atoms with Crippen molar-refractivity contribution in [3.05, 3.63) is 65.7 Å². The third kappa shape index (κ3) is 5.27. The van der Waals surface area contributed by atoms with Gasteiger partial charge in [-0.15, -0.1) is 0 Å². The lowest BCUT2D eigenvalue weighted by atomic mass is 9.88. The van der Waals surface area contributed by atoms with Crippen LogP contribution in [0.5, 0.6) is 11.5 Å². The van der Waals surface area contributed by atoms with Gasteiger partial charge in [0.15, 0.2) is 11.5 Å². The molecule has 3 rings (SSSR count). The van der Waals surface area contributed by atoms with E-state index in [-0.39, 0.29) is 11.5 Å². The van der Waals surface area contributed by atoms with E-state index < -0.39 is 0 Å². The number of nitrogens with one attached hydrogen (secondary N) is 1. The summed E-state index contributed by atoms with van der Waals surface area (Å²) in [5.74, 6) is 0.376. The summed E-state index contributed by atoms with van der Waals surface area (Å²) in [6.45, 7) is 11.0. The average Bonchev–Trinajstić information content (AvgIpc) is 2.72. The molecule has 4 heteroatoms. The lowest BCUT2D eigenvalue weighted by Crippen LogP contribution is -2.31. The number of nitrogens with zero attached hydrogens (tertiary/aromatic N) is 1. The van der Waals surface area contributed by atoms with Crippen molar-refractivity contribution in [2.75, 3.05) is 20.1 Å². The van der Waals surface area contributed by atoms with Crippen molar-refractivity contribution < 1.29 is 10.2 Å². The first-order valence-electron chi connectivity index (χ1n) is 9.78. The predicted molar refractivity (Wildman–Crippen MR) is 113 cm³/mol. The molecule has 0 aliphatic carbocycles. The Kier molecular flexibility index (Phi) is 7.74. The van der Waals surface area contributed by atoms with Crippen LogP contribution in [0.2, 0.25) is 0 Å². The Morgan fingerprint density at radius 2 is 1.78 bits per heavy atom. The molecule has 146 valence electrons. The van der Waals surface area contributed by atoms with Gasteiger partial charge in [0.1, 0.15) is 0 Å². The highest BCUT2D eigenvalue weighted by atomic mass is 16.3. The Hall–Kier alpha value is -2.46. The van der Waals surface area contributed by atoms with Gasteiger partial charge in [0.25, 0.3) is 0 Å². The van der Waals surface area contributed by atoms with E-state index in [0.29, 0.717) is 5.92 Å². The van der Waals surface area contributed by atoms with Crippen LogP contribution in [0.25, 0.3) is 5.70 Å². The molecule has 0 amide bonds. The van der Waals surface area contributed by atoms with Crippen molar-refractivity contribution in [3.63, 3.8) is 0 Å². The van der Waals surface area contributed by atoms with Crippen LogP contribution in [0.1, 0.15) is 49.3 Å². The van der Waals surface area contributed by atoms with E-state index in [1.54, 1.807) is 12.1 Å². The Morgan fingerprint density at radius 1 is 1.07 bits per heavy atom. The SMILES string of the molecule is C=C(c1ccc(O)c(O)c1)N1CCC(c2cccc(CNC)c2)CC1.CC. The maximum Gasteiger partial charge on any atom is 0.158 e. The topological polar surface area (TPSA) is 55.7 Å². The maximum absolute atomic E-state index is 9.69. The molecule has 0 radical (unpaired) electrons. The average molecular weight is 369 g/mol. The van der Waals surface area contributed by atoms with Crippen LogP contribution in [-0.2, 0) is 6.54 Å². The summed E-state index contributed by atoms with van der Waals surface area (Å²) < 4.78 is 0. The second-order valence-electron chi connectivity index (χ2n) is 6.69. The quantitative estimate of drug-likeness (QED) is 0.670. The van der Waals surface area contributed by atoms with Crippen LogP contribution < -0.4 is 5.32 Å². The number of likely N-dealkylation sites (tertiary alicyclic amines) is 1. The third-order valence-electron chi connectivity index (χ3n) is 4.99. The van der Waals surface area contributed by atoms with Gasteiger partial charge in [-0.1, -0.05) is 44.7 Å². The van der Waals surface area contributed by atoms with Crippen LogP contribution in [0, 0.1) is 0 Å². The van der Waals surface area contributed by atoms with Gasteiger partial charge in [-0.25, -0.2) is 0 Å². The summed E-state index contributed by atoms with van der Waals surface area (Å²) in [6, 6.07) is 13.7. The summed E-state index contributed by atoms with van der Waals surface area (Å²) in [5.41, 5.74) is 4.49. The standard InChI is InChI=1S/C21H26N2O2.C2H6/c1-15(18-6-7-20(24)21(25)13-18)23-10-8-17(9-11-23)19-5-3-4-16(12-19)14-22-2;1-2/h3-7,12-13,17,22,24-25H,1,8-11,14H2,2H3;1-2H3. The first-order chi connectivity index (χ1) is 13.1. The van der Waals surface area contributed by atoms with Gasteiger partial charge in [0, 0.05) is 30.9 Å². The number of benzene rings is 2. The fraction of sp³-hybridized carbons (Fsp3) is 0.391. The number of piperidine rings is 1. The molecule has 0 saturated carbocycles. The van der Waals surface area contributed by atoms with Gasteiger partial charge in [-0.05, 0) is 55.1 Å². The summed E-state index contributed by atoms with van der Waals surface area (Å²) in [4.78, 5) is 2.26. The summed E-state index contributed by atoms with van der Waals surface area (Å²) >= 11 is 0. The predicted octanol–water partition coefficient (Wildman–Crippen LogP) is 4.69. The molecule has 27 heavy (non-hydrogen) atoms. The lowest BCUT2D eigenvalue weighted by molar-refractivity contribution is 0.299. The molecule has 3 N–H and O–H groups in total. The molecule has 0 spiro atoms. The molecular formula is C23H32N2O2. The van der Waals surface area contributed by atoms with Gasteiger partial charge >= 0.3 is 0 Å². The monoisotopic (exact) mass is 368 g/mol. The van der Waals surface area contributed by atoms with Crippen molar-refractivity contribution in [2.24, 2.45) is 0 Å². The van der Waals surface area contributed by atoms with Crippen molar-refractivity contribution in [1.82, 2.24) is 10.2 Å². The highest BCUT2D eigenvalue weighted by Crippen LogP contribution is 2.34. The van der Waals surface area contributed by atoms with E-state index >= 15 is 0 Å². The largest absolute Gasteiger partial charge is 0.504 e. The molecule has 1 heterocycles. The molecule has 0 unspecified atom stereocenters. The Morgan fingerprint density at radius 3 is 2.41 bits per heavy atom. The van der Waals surface area contributed by atoms with Gasteiger partial charge in [-0.2, -0.15) is 0 Å². The number of phenolic OH excluding ortho intramolecular Hbond substituents is 2. The highest BCUT2D eigenvalue weighted by molar-refractivity contribution is 5.65. The first-order valence-corrected chi connectivity index (χ1v) is 9.78. The van der Waals surface area contributed by atoms with E-state index in [0.717, 1.165) is 43.7 Å². The summed E-state index contributed by atoms with van der Waals surface area (Å²) in [5, 5.41) is 22.4. The molecule has 0 aromatic heterocycles. The smallest absolute Gasteiger partial charge is 0.158 e. The molecule has 1 aliphatic rings. The van der Waals surface area contributed by atoms with Crippen LogP contribution in [0.3, 0.4) is 0 Å². The Balaban J connectivity index is 0.00000126. The normalized spacial score (nSPS) is 14.4. The van der Waals surface area contributed by atoms with Gasteiger partial charge in [-0.3, -0.25) is 0 Å². The third-order valence-corrected chi connectivity index (χ3v) is 4.99. The highest BCUT2D eigenvalue weighted by Gasteiger charge is 2.22. The van der Waals surface area contributed by atoms with Crippen molar-refractivity contribution in [1.29, 1.82) is 0 Å². The van der Waals surface area contributed by atoms with Crippen LogP contribution in [0.4, 0.5) is 0 Å². The number of hydrogen-bond acceptors (Lipinski definition) is 4. The maximum atomic E-state index is 9.69. The summed E-state index contributed by atoms with van der Waals surface area (Å²) in [6.07, 6.45) is 2.18. The van der Waals surface area contributed by atoms with Crippen LogP contribution >= 0.6 is 0 Å². The van der Waals surface area contributed by atoms with Crippen molar-refractivity contribution in [2.45, 2.75) is 39.2 Å². The zero-order chi connectivity index (χ0) is 19.8. The minimum absolute atomic E-state index is 0.100. The number of phenols is 2.